The number of rotatable bonds is 7. The Bertz CT molecular complexity index is 1170. The lowest BCUT2D eigenvalue weighted by atomic mass is 10.1. The minimum atomic E-state index is -0.201. The van der Waals surface area contributed by atoms with Gasteiger partial charge in [-0.1, -0.05) is 35.9 Å². The average molecular weight is 447 g/mol. The van der Waals surface area contributed by atoms with Gasteiger partial charge in [0, 0.05) is 10.6 Å². The number of hydrogen-bond acceptors (Lipinski definition) is 4. The lowest BCUT2D eigenvalue weighted by Gasteiger charge is -2.18. The number of halogens is 1. The molecule has 1 aliphatic rings. The highest BCUT2D eigenvalue weighted by atomic mass is 35.5. The molecule has 0 spiro atoms. The van der Waals surface area contributed by atoms with Crippen molar-refractivity contribution in [1.29, 1.82) is 0 Å². The molecule has 3 aromatic rings. The summed E-state index contributed by atoms with van der Waals surface area (Å²) in [7, 11) is 0. The third-order valence-corrected chi connectivity index (χ3v) is 5.10. The molecule has 0 radical (unpaired) electrons. The Morgan fingerprint density at radius 3 is 2.28 bits per heavy atom. The highest BCUT2D eigenvalue weighted by molar-refractivity contribution is 6.34. The van der Waals surface area contributed by atoms with Crippen molar-refractivity contribution in [3.63, 3.8) is 0 Å². The zero-order valence-corrected chi connectivity index (χ0v) is 18.7. The first-order valence-corrected chi connectivity index (χ1v) is 10.8. The van der Waals surface area contributed by atoms with Gasteiger partial charge >= 0.3 is 0 Å². The molecule has 5 nitrogen and oxygen atoms in total. The van der Waals surface area contributed by atoms with Crippen molar-refractivity contribution in [2.75, 3.05) is 18.1 Å². The van der Waals surface area contributed by atoms with Gasteiger partial charge in [0.25, 0.3) is 5.91 Å². The number of aliphatic imine (C=N–C) groups is 1. The molecule has 0 unspecified atom stereocenters. The predicted octanol–water partition coefficient (Wildman–Crippen LogP) is 5.97. The number of carbonyl (C=O) groups is 1. The standard InChI is InChI=1S/C26H23ClN2O3/c1-3-31-23-15-10-18(17-24(23)32-4-2)16-22-26(30)29(21-8-6-5-7-9-21)25(28-22)19-11-13-20(27)14-12-19/h5-17H,3-4H2,1-2H3/b22-16-. The minimum Gasteiger partial charge on any atom is -0.490 e. The maximum absolute atomic E-state index is 13.4. The Hall–Kier alpha value is -3.57. The van der Waals surface area contributed by atoms with Crippen molar-refractivity contribution >= 4 is 35.1 Å². The highest BCUT2D eigenvalue weighted by Crippen LogP contribution is 2.32. The fraction of sp³-hybridized carbons (Fsp3) is 0.154. The van der Waals surface area contributed by atoms with Crippen LogP contribution in [0.25, 0.3) is 6.08 Å². The SMILES string of the molecule is CCOc1ccc(/C=C2\N=C(c3ccc(Cl)cc3)N(c3ccccc3)C2=O)cc1OCC. The van der Waals surface area contributed by atoms with Gasteiger partial charge in [0.1, 0.15) is 11.5 Å². The summed E-state index contributed by atoms with van der Waals surface area (Å²) in [4.78, 5) is 19.7. The predicted molar refractivity (Wildman–Crippen MR) is 129 cm³/mol. The second-order valence-electron chi connectivity index (χ2n) is 7.02. The number of hydrogen-bond donors (Lipinski definition) is 0. The number of carbonyl (C=O) groups excluding carboxylic acids is 1. The largest absolute Gasteiger partial charge is 0.490 e. The molecule has 0 aliphatic carbocycles. The smallest absolute Gasteiger partial charge is 0.282 e. The van der Waals surface area contributed by atoms with Crippen LogP contribution in [-0.2, 0) is 4.79 Å². The molecule has 6 heteroatoms. The number of para-hydroxylation sites is 1. The van der Waals surface area contributed by atoms with Gasteiger partial charge in [0.2, 0.25) is 0 Å². The number of anilines is 1. The molecular weight excluding hydrogens is 424 g/mol. The highest BCUT2D eigenvalue weighted by Gasteiger charge is 2.32. The Balaban J connectivity index is 1.77. The molecule has 0 saturated heterocycles. The van der Waals surface area contributed by atoms with Gasteiger partial charge in [0.15, 0.2) is 11.5 Å². The maximum atomic E-state index is 13.4. The number of ether oxygens (including phenoxy) is 2. The van der Waals surface area contributed by atoms with Gasteiger partial charge in [-0.05, 0) is 74.0 Å². The van der Waals surface area contributed by atoms with Crippen molar-refractivity contribution in [2.24, 2.45) is 4.99 Å². The summed E-state index contributed by atoms with van der Waals surface area (Å²) < 4.78 is 11.4. The number of nitrogens with zero attached hydrogens (tertiary/aromatic N) is 2. The fourth-order valence-electron chi connectivity index (χ4n) is 3.44. The Kier molecular flexibility index (Phi) is 6.57. The lowest BCUT2D eigenvalue weighted by molar-refractivity contribution is -0.113. The summed E-state index contributed by atoms with van der Waals surface area (Å²) in [5.41, 5.74) is 2.69. The average Bonchev–Trinajstić information content (AvgIpc) is 3.13. The summed E-state index contributed by atoms with van der Waals surface area (Å²) in [5, 5.41) is 0.624. The van der Waals surface area contributed by atoms with E-state index in [0.717, 1.165) is 16.8 Å². The van der Waals surface area contributed by atoms with E-state index < -0.39 is 0 Å². The van der Waals surface area contributed by atoms with Crippen LogP contribution in [0.5, 0.6) is 11.5 Å². The van der Waals surface area contributed by atoms with Crippen LogP contribution in [0.2, 0.25) is 5.02 Å². The van der Waals surface area contributed by atoms with E-state index in [1.165, 1.54) is 0 Å². The summed E-state index contributed by atoms with van der Waals surface area (Å²) in [5.74, 6) is 1.66. The maximum Gasteiger partial charge on any atom is 0.282 e. The lowest BCUT2D eigenvalue weighted by Crippen LogP contribution is -2.32. The quantitative estimate of drug-likeness (QED) is 0.420. The third kappa shape index (κ3) is 4.53. The first-order valence-electron chi connectivity index (χ1n) is 10.5. The van der Waals surface area contributed by atoms with Crippen molar-refractivity contribution in [1.82, 2.24) is 0 Å². The molecule has 4 rings (SSSR count). The molecular formula is C26H23ClN2O3. The molecule has 32 heavy (non-hydrogen) atoms. The van der Waals surface area contributed by atoms with Crippen LogP contribution in [0.4, 0.5) is 5.69 Å². The van der Waals surface area contributed by atoms with Crippen LogP contribution in [0.3, 0.4) is 0 Å². The van der Waals surface area contributed by atoms with E-state index in [2.05, 4.69) is 0 Å². The zero-order valence-electron chi connectivity index (χ0n) is 17.9. The van der Waals surface area contributed by atoms with Crippen LogP contribution in [0.1, 0.15) is 25.0 Å². The number of benzene rings is 3. The monoisotopic (exact) mass is 446 g/mol. The zero-order chi connectivity index (χ0) is 22.5. The molecule has 0 fully saturated rings. The molecule has 1 amide bonds. The molecule has 1 aliphatic heterocycles. The topological polar surface area (TPSA) is 51.1 Å². The molecule has 0 saturated carbocycles. The van der Waals surface area contributed by atoms with E-state index in [1.54, 1.807) is 23.1 Å². The van der Waals surface area contributed by atoms with Crippen molar-refractivity contribution < 1.29 is 14.3 Å². The van der Waals surface area contributed by atoms with Crippen molar-refractivity contribution in [2.45, 2.75) is 13.8 Å². The molecule has 0 bridgehead atoms. The van der Waals surface area contributed by atoms with Crippen LogP contribution >= 0.6 is 11.6 Å². The van der Waals surface area contributed by atoms with Gasteiger partial charge in [-0.2, -0.15) is 0 Å². The Morgan fingerprint density at radius 1 is 0.906 bits per heavy atom. The van der Waals surface area contributed by atoms with Gasteiger partial charge in [-0.25, -0.2) is 4.99 Å². The summed E-state index contributed by atoms with van der Waals surface area (Å²) in [6.07, 6.45) is 1.76. The summed E-state index contributed by atoms with van der Waals surface area (Å²) >= 11 is 6.06. The Morgan fingerprint density at radius 2 is 1.59 bits per heavy atom. The van der Waals surface area contributed by atoms with E-state index in [1.807, 2.05) is 74.5 Å². The Labute approximate surface area is 192 Å². The second kappa shape index (κ2) is 9.71. The van der Waals surface area contributed by atoms with E-state index in [0.29, 0.717) is 41.3 Å². The second-order valence-corrected chi connectivity index (χ2v) is 7.46. The van der Waals surface area contributed by atoms with E-state index in [9.17, 15) is 4.79 Å². The molecule has 0 N–H and O–H groups in total. The molecule has 0 atom stereocenters. The van der Waals surface area contributed by atoms with Gasteiger partial charge in [-0.3, -0.25) is 9.69 Å². The van der Waals surface area contributed by atoms with Crippen LogP contribution in [-0.4, -0.2) is 25.0 Å². The fourth-order valence-corrected chi connectivity index (χ4v) is 3.57. The molecule has 162 valence electrons. The van der Waals surface area contributed by atoms with Crippen molar-refractivity contribution in [3.8, 4) is 11.5 Å². The molecule has 1 heterocycles. The minimum absolute atomic E-state index is 0.201. The van der Waals surface area contributed by atoms with Gasteiger partial charge in [0.05, 0.1) is 18.9 Å². The number of amidine groups is 1. The first kappa shape index (κ1) is 21.7. The van der Waals surface area contributed by atoms with E-state index in [-0.39, 0.29) is 5.91 Å². The number of amides is 1. The third-order valence-electron chi connectivity index (χ3n) is 4.85. The summed E-state index contributed by atoms with van der Waals surface area (Å²) in [6, 6.07) is 22.4. The molecule has 3 aromatic carbocycles. The van der Waals surface area contributed by atoms with Crippen LogP contribution < -0.4 is 14.4 Å². The summed E-state index contributed by atoms with van der Waals surface area (Å²) in [6.45, 7) is 4.90. The van der Waals surface area contributed by atoms with Gasteiger partial charge in [-0.15, -0.1) is 0 Å². The van der Waals surface area contributed by atoms with E-state index >= 15 is 0 Å². The van der Waals surface area contributed by atoms with Gasteiger partial charge < -0.3 is 9.47 Å². The molecule has 0 aromatic heterocycles. The van der Waals surface area contributed by atoms with Crippen LogP contribution in [0.15, 0.2) is 83.5 Å². The van der Waals surface area contributed by atoms with Crippen LogP contribution in [0, 0.1) is 0 Å². The first-order chi connectivity index (χ1) is 15.6. The van der Waals surface area contributed by atoms with Crippen molar-refractivity contribution in [3.05, 3.63) is 94.6 Å². The van der Waals surface area contributed by atoms with E-state index in [4.69, 9.17) is 26.1 Å². The normalized spacial score (nSPS) is 14.6.